The van der Waals surface area contributed by atoms with E-state index >= 15 is 0 Å². The van der Waals surface area contributed by atoms with Gasteiger partial charge in [-0.2, -0.15) is 0 Å². The van der Waals surface area contributed by atoms with E-state index in [0.29, 0.717) is 29.3 Å². The van der Waals surface area contributed by atoms with Gasteiger partial charge in [-0.05, 0) is 70.5 Å². The van der Waals surface area contributed by atoms with Crippen LogP contribution in [0.4, 0.5) is 5.69 Å². The summed E-state index contributed by atoms with van der Waals surface area (Å²) in [6.45, 7) is 0.179. The zero-order valence-corrected chi connectivity index (χ0v) is 17.7. The molecule has 0 aliphatic heterocycles. The molecule has 0 aliphatic carbocycles. The smallest absolute Gasteiger partial charge is 0.262 e. The summed E-state index contributed by atoms with van der Waals surface area (Å²) >= 11 is 6.74. The lowest BCUT2D eigenvalue weighted by molar-refractivity contribution is -0.118. The second kappa shape index (κ2) is 9.57. The lowest BCUT2D eigenvalue weighted by Gasteiger charge is -2.10. The largest absolute Gasteiger partial charge is 0.483 e. The fraction of sp³-hybridized carbons (Fsp3) is 0.100. The van der Waals surface area contributed by atoms with E-state index in [1.165, 1.54) is 0 Å². The van der Waals surface area contributed by atoms with Crippen molar-refractivity contribution in [2.75, 3.05) is 11.9 Å². The molecular formula is C20H16Br2N2O4. The Morgan fingerprint density at radius 3 is 2.50 bits per heavy atom. The third-order valence-corrected chi connectivity index (χ3v) is 4.80. The van der Waals surface area contributed by atoms with Gasteiger partial charge in [0, 0.05) is 15.7 Å². The molecule has 1 heterocycles. The van der Waals surface area contributed by atoms with Gasteiger partial charge in [-0.25, -0.2) is 0 Å². The van der Waals surface area contributed by atoms with Crippen LogP contribution in [0.15, 0.2) is 74.2 Å². The van der Waals surface area contributed by atoms with Crippen LogP contribution in [0.1, 0.15) is 16.1 Å². The molecule has 0 bridgehead atoms. The van der Waals surface area contributed by atoms with E-state index in [1.54, 1.807) is 48.7 Å². The second-order valence-corrected chi connectivity index (χ2v) is 7.52. The first-order valence-corrected chi connectivity index (χ1v) is 9.88. The maximum absolute atomic E-state index is 12.1. The molecular weight excluding hydrogens is 492 g/mol. The van der Waals surface area contributed by atoms with Gasteiger partial charge in [-0.15, -0.1) is 0 Å². The van der Waals surface area contributed by atoms with Crippen LogP contribution in [0, 0.1) is 0 Å². The number of amides is 2. The fourth-order valence-electron chi connectivity index (χ4n) is 2.32. The van der Waals surface area contributed by atoms with Crippen LogP contribution in [0.5, 0.6) is 5.75 Å². The van der Waals surface area contributed by atoms with Crippen molar-refractivity contribution in [2.24, 2.45) is 0 Å². The van der Waals surface area contributed by atoms with Crippen molar-refractivity contribution in [3.8, 4) is 5.75 Å². The van der Waals surface area contributed by atoms with Crippen LogP contribution in [0.3, 0.4) is 0 Å². The number of ether oxygens (including phenoxy) is 1. The maximum atomic E-state index is 12.1. The van der Waals surface area contributed by atoms with E-state index in [2.05, 4.69) is 42.5 Å². The fourth-order valence-corrected chi connectivity index (χ4v) is 3.48. The Morgan fingerprint density at radius 2 is 1.82 bits per heavy atom. The average Bonchev–Trinajstić information content (AvgIpc) is 3.19. The molecule has 0 unspecified atom stereocenters. The zero-order valence-electron chi connectivity index (χ0n) is 14.6. The summed E-state index contributed by atoms with van der Waals surface area (Å²) in [5.74, 6) is 0.721. The molecule has 2 amide bonds. The van der Waals surface area contributed by atoms with Crippen molar-refractivity contribution in [3.05, 3.63) is 81.1 Å². The van der Waals surface area contributed by atoms with E-state index in [-0.39, 0.29) is 18.4 Å². The van der Waals surface area contributed by atoms with Gasteiger partial charge in [-0.3, -0.25) is 9.59 Å². The van der Waals surface area contributed by atoms with Gasteiger partial charge in [0.15, 0.2) is 6.61 Å². The number of benzene rings is 2. The molecule has 28 heavy (non-hydrogen) atoms. The number of carbonyl (C=O) groups is 2. The Labute approximate surface area is 178 Å². The number of halogens is 2. The molecule has 0 radical (unpaired) electrons. The highest BCUT2D eigenvalue weighted by Crippen LogP contribution is 2.28. The Hall–Kier alpha value is -2.58. The van der Waals surface area contributed by atoms with E-state index in [1.807, 2.05) is 12.1 Å². The van der Waals surface area contributed by atoms with E-state index in [0.717, 1.165) is 8.95 Å². The highest BCUT2D eigenvalue weighted by Gasteiger charge is 2.09. The van der Waals surface area contributed by atoms with E-state index < -0.39 is 0 Å². The molecule has 2 N–H and O–H groups in total. The third-order valence-electron chi connectivity index (χ3n) is 3.69. The molecule has 2 aromatic carbocycles. The van der Waals surface area contributed by atoms with Crippen molar-refractivity contribution in [2.45, 2.75) is 6.54 Å². The van der Waals surface area contributed by atoms with Crippen LogP contribution >= 0.6 is 31.9 Å². The van der Waals surface area contributed by atoms with Gasteiger partial charge >= 0.3 is 0 Å². The molecule has 0 saturated heterocycles. The SMILES string of the molecule is O=C(COc1ccc(Br)cc1Br)Nc1ccc(C(=O)NCc2ccco2)cc1. The number of hydrogen-bond donors (Lipinski definition) is 2. The van der Waals surface area contributed by atoms with Crippen molar-refractivity contribution >= 4 is 49.4 Å². The average molecular weight is 508 g/mol. The van der Waals surface area contributed by atoms with Crippen LogP contribution in [0.2, 0.25) is 0 Å². The molecule has 1 aromatic heterocycles. The molecule has 8 heteroatoms. The molecule has 0 aliphatic rings. The first-order chi connectivity index (χ1) is 13.5. The molecule has 144 valence electrons. The second-order valence-electron chi connectivity index (χ2n) is 5.75. The van der Waals surface area contributed by atoms with Crippen LogP contribution in [-0.4, -0.2) is 18.4 Å². The quantitative estimate of drug-likeness (QED) is 0.483. The van der Waals surface area contributed by atoms with Crippen molar-refractivity contribution < 1.29 is 18.7 Å². The van der Waals surface area contributed by atoms with E-state index in [9.17, 15) is 9.59 Å². The van der Waals surface area contributed by atoms with Crippen LogP contribution < -0.4 is 15.4 Å². The van der Waals surface area contributed by atoms with Gasteiger partial charge in [0.1, 0.15) is 11.5 Å². The molecule has 0 saturated carbocycles. The molecule has 3 aromatic rings. The van der Waals surface area contributed by atoms with Crippen molar-refractivity contribution in [1.82, 2.24) is 5.32 Å². The number of carbonyl (C=O) groups excluding carboxylic acids is 2. The summed E-state index contributed by atoms with van der Waals surface area (Å²) in [4.78, 5) is 24.2. The number of rotatable bonds is 7. The Morgan fingerprint density at radius 1 is 1.04 bits per heavy atom. The first kappa shape index (κ1) is 20.2. The summed E-state index contributed by atoms with van der Waals surface area (Å²) < 4.78 is 12.3. The topological polar surface area (TPSA) is 80.6 Å². The lowest BCUT2D eigenvalue weighted by Crippen LogP contribution is -2.23. The van der Waals surface area contributed by atoms with Crippen molar-refractivity contribution in [3.63, 3.8) is 0 Å². The van der Waals surface area contributed by atoms with Gasteiger partial charge in [0.2, 0.25) is 0 Å². The third kappa shape index (κ3) is 5.71. The molecule has 0 atom stereocenters. The summed E-state index contributed by atoms with van der Waals surface area (Å²) in [6.07, 6.45) is 1.55. The van der Waals surface area contributed by atoms with Crippen LogP contribution in [-0.2, 0) is 11.3 Å². The summed E-state index contributed by atoms with van der Waals surface area (Å²) in [6, 6.07) is 15.6. The molecule has 6 nitrogen and oxygen atoms in total. The van der Waals surface area contributed by atoms with Gasteiger partial charge < -0.3 is 19.8 Å². The number of furan rings is 1. The lowest BCUT2D eigenvalue weighted by atomic mass is 10.2. The molecule has 0 fully saturated rings. The normalized spacial score (nSPS) is 10.4. The Bertz CT molecular complexity index is 957. The summed E-state index contributed by atoms with van der Waals surface area (Å²) in [5.41, 5.74) is 1.06. The number of anilines is 1. The first-order valence-electron chi connectivity index (χ1n) is 8.29. The van der Waals surface area contributed by atoms with E-state index in [4.69, 9.17) is 9.15 Å². The standard InChI is InChI=1S/C20H16Br2N2O4/c21-14-5-8-18(17(22)10-14)28-12-19(25)24-15-6-3-13(4-7-15)20(26)23-11-16-2-1-9-27-16/h1-10H,11-12H2,(H,23,26)(H,24,25). The highest BCUT2D eigenvalue weighted by atomic mass is 79.9. The zero-order chi connectivity index (χ0) is 19.9. The van der Waals surface area contributed by atoms with Gasteiger partial charge in [0.25, 0.3) is 11.8 Å². The molecule has 3 rings (SSSR count). The minimum Gasteiger partial charge on any atom is -0.483 e. The predicted molar refractivity (Wildman–Crippen MR) is 112 cm³/mol. The minimum absolute atomic E-state index is 0.133. The Kier molecular flexibility index (Phi) is 6.89. The maximum Gasteiger partial charge on any atom is 0.262 e. The number of hydrogen-bond acceptors (Lipinski definition) is 4. The molecule has 0 spiro atoms. The van der Waals surface area contributed by atoms with Crippen molar-refractivity contribution in [1.29, 1.82) is 0 Å². The number of nitrogens with one attached hydrogen (secondary N) is 2. The highest BCUT2D eigenvalue weighted by molar-refractivity contribution is 9.11. The van der Waals surface area contributed by atoms with Gasteiger partial charge in [-0.1, -0.05) is 15.9 Å². The summed E-state index contributed by atoms with van der Waals surface area (Å²) in [7, 11) is 0. The monoisotopic (exact) mass is 506 g/mol. The predicted octanol–water partition coefficient (Wildman–Crippen LogP) is 4.75. The van der Waals surface area contributed by atoms with Crippen LogP contribution in [0.25, 0.3) is 0 Å². The Balaban J connectivity index is 1.49. The van der Waals surface area contributed by atoms with Gasteiger partial charge in [0.05, 0.1) is 17.3 Å². The minimum atomic E-state index is -0.301. The summed E-state index contributed by atoms with van der Waals surface area (Å²) in [5, 5.41) is 5.49.